The van der Waals surface area contributed by atoms with Crippen LogP contribution >= 0.6 is 23.2 Å². The van der Waals surface area contributed by atoms with Crippen LogP contribution in [-0.4, -0.2) is 45.4 Å². The molecule has 186 valence electrons. The molecule has 36 heavy (non-hydrogen) atoms. The highest BCUT2D eigenvalue weighted by atomic mass is 35.5. The number of nitrogens with zero attached hydrogens (tertiary/aromatic N) is 2. The maximum atomic E-state index is 14.0. The molecule has 1 aliphatic carbocycles. The number of benzene rings is 2. The molecule has 2 fully saturated rings. The maximum Gasteiger partial charge on any atom is 0.249 e. The summed E-state index contributed by atoms with van der Waals surface area (Å²) >= 11 is 12.3. The molecule has 0 spiro atoms. The predicted molar refractivity (Wildman–Crippen MR) is 134 cm³/mol. The number of fused-ring (bicyclic) bond motifs is 1. The summed E-state index contributed by atoms with van der Waals surface area (Å²) in [5, 5.41) is 3.77. The topological polar surface area (TPSA) is 116 Å². The van der Waals surface area contributed by atoms with Crippen molar-refractivity contribution in [2.24, 2.45) is 5.73 Å². The van der Waals surface area contributed by atoms with Gasteiger partial charge in [-0.1, -0.05) is 29.3 Å². The first-order valence-electron chi connectivity index (χ1n) is 11.6. The first-order chi connectivity index (χ1) is 17.3. The molecule has 5 rings (SSSR count). The second-order valence-electron chi connectivity index (χ2n) is 9.19. The number of rotatable bonds is 7. The first-order valence-corrected chi connectivity index (χ1v) is 12.4. The number of nitrogens with two attached hydrogens (primary N) is 1. The standard InChI is InChI=1S/C26H24Cl2N4O4/c27-20-6-3-15(11-21(20)28)10-19(25(35)31-26-7-1-2-23(26)36-13-22(26)33)18-12-16(32-9-8-30-14-32)4-5-17(18)24(29)34/h3-6,8-9,11-12,14,19,23H,1-2,7,10,13H2,(H2,29,34)(H,31,35). The van der Waals surface area contributed by atoms with E-state index in [1.165, 1.54) is 0 Å². The van der Waals surface area contributed by atoms with Gasteiger partial charge in [-0.3, -0.25) is 14.4 Å². The van der Waals surface area contributed by atoms with Gasteiger partial charge in [0.15, 0.2) is 5.78 Å². The number of carbonyl (C=O) groups excluding carboxylic acids is 3. The van der Waals surface area contributed by atoms with E-state index in [0.29, 0.717) is 34.1 Å². The van der Waals surface area contributed by atoms with Gasteiger partial charge in [0.2, 0.25) is 11.8 Å². The first kappa shape index (κ1) is 24.5. The molecule has 0 bridgehead atoms. The van der Waals surface area contributed by atoms with Gasteiger partial charge in [-0.2, -0.15) is 0 Å². The zero-order valence-corrected chi connectivity index (χ0v) is 20.8. The number of Topliss-reactive ketones (excluding diaryl/α,β-unsaturated/α-hetero) is 1. The van der Waals surface area contributed by atoms with E-state index in [0.717, 1.165) is 12.0 Å². The summed E-state index contributed by atoms with van der Waals surface area (Å²) < 4.78 is 7.44. The van der Waals surface area contributed by atoms with Crippen molar-refractivity contribution in [1.82, 2.24) is 14.9 Å². The Labute approximate surface area is 217 Å². The third kappa shape index (κ3) is 4.40. The van der Waals surface area contributed by atoms with Gasteiger partial charge >= 0.3 is 0 Å². The minimum absolute atomic E-state index is 0.0228. The monoisotopic (exact) mass is 526 g/mol. The van der Waals surface area contributed by atoms with Crippen LogP contribution in [0.3, 0.4) is 0 Å². The Kier molecular flexibility index (Phi) is 6.59. The number of ketones is 1. The van der Waals surface area contributed by atoms with Crippen LogP contribution in [0.4, 0.5) is 0 Å². The van der Waals surface area contributed by atoms with Crippen molar-refractivity contribution < 1.29 is 19.1 Å². The maximum absolute atomic E-state index is 14.0. The average molecular weight is 527 g/mol. The summed E-state index contributed by atoms with van der Waals surface area (Å²) in [6.45, 7) is -0.0228. The van der Waals surface area contributed by atoms with E-state index in [2.05, 4.69) is 10.3 Å². The highest BCUT2D eigenvalue weighted by molar-refractivity contribution is 6.42. The summed E-state index contributed by atoms with van der Waals surface area (Å²) in [5.41, 5.74) is 6.77. The Morgan fingerprint density at radius 1 is 1.22 bits per heavy atom. The van der Waals surface area contributed by atoms with Gasteiger partial charge in [-0.25, -0.2) is 4.98 Å². The van der Waals surface area contributed by atoms with E-state index in [4.69, 9.17) is 33.7 Å². The molecule has 1 saturated carbocycles. The Hall–Kier alpha value is -3.20. The molecule has 0 radical (unpaired) electrons. The minimum Gasteiger partial charge on any atom is -0.367 e. The third-order valence-electron chi connectivity index (χ3n) is 7.07. The largest absolute Gasteiger partial charge is 0.367 e. The molecule has 1 saturated heterocycles. The van der Waals surface area contributed by atoms with E-state index < -0.39 is 23.3 Å². The Balaban J connectivity index is 1.59. The van der Waals surface area contributed by atoms with Crippen molar-refractivity contribution in [1.29, 1.82) is 0 Å². The highest BCUT2D eigenvalue weighted by Gasteiger charge is 2.55. The van der Waals surface area contributed by atoms with Gasteiger partial charge in [-0.15, -0.1) is 0 Å². The van der Waals surface area contributed by atoms with E-state index in [1.807, 2.05) is 0 Å². The predicted octanol–water partition coefficient (Wildman–Crippen LogP) is 3.61. The number of halogens is 2. The second kappa shape index (κ2) is 9.69. The normalized spacial score (nSPS) is 21.8. The molecule has 2 heterocycles. The number of amides is 2. The van der Waals surface area contributed by atoms with Crippen molar-refractivity contribution in [3.05, 3.63) is 81.9 Å². The lowest BCUT2D eigenvalue weighted by molar-refractivity contribution is -0.130. The minimum atomic E-state index is -1.05. The lowest BCUT2D eigenvalue weighted by Crippen LogP contribution is -2.57. The number of aromatic nitrogens is 2. The molecule has 3 N–H and O–H groups in total. The molecule has 2 aliphatic rings. The van der Waals surface area contributed by atoms with Crippen molar-refractivity contribution in [2.75, 3.05) is 6.61 Å². The van der Waals surface area contributed by atoms with E-state index >= 15 is 0 Å². The van der Waals surface area contributed by atoms with E-state index in [1.54, 1.807) is 59.7 Å². The molecule has 2 aromatic carbocycles. The summed E-state index contributed by atoms with van der Waals surface area (Å²) in [6, 6.07) is 10.2. The summed E-state index contributed by atoms with van der Waals surface area (Å²) in [6.07, 6.45) is 6.84. The zero-order valence-electron chi connectivity index (χ0n) is 19.2. The number of carbonyl (C=O) groups is 3. The summed E-state index contributed by atoms with van der Waals surface area (Å²) in [5.74, 6) is -2.03. The molecular formula is C26H24Cl2N4O4. The Morgan fingerprint density at radius 2 is 2.06 bits per heavy atom. The number of hydrogen-bond donors (Lipinski definition) is 2. The molecule has 2 amide bonds. The van der Waals surface area contributed by atoms with Crippen LogP contribution < -0.4 is 11.1 Å². The van der Waals surface area contributed by atoms with Crippen molar-refractivity contribution in [2.45, 2.75) is 43.2 Å². The average Bonchev–Trinajstić information content (AvgIpc) is 3.59. The number of imidazole rings is 1. The van der Waals surface area contributed by atoms with Gasteiger partial charge in [0.1, 0.15) is 12.1 Å². The SMILES string of the molecule is NC(=O)c1ccc(-n2ccnc2)cc1C(Cc1ccc(Cl)c(Cl)c1)C(=O)NC12CCCC1OCC2=O. The van der Waals surface area contributed by atoms with Crippen LogP contribution in [0.1, 0.15) is 46.7 Å². The Morgan fingerprint density at radius 3 is 2.78 bits per heavy atom. The molecule has 10 heteroatoms. The number of ether oxygens (including phenoxy) is 1. The van der Waals surface area contributed by atoms with Gasteiger partial charge < -0.3 is 20.4 Å². The smallest absolute Gasteiger partial charge is 0.249 e. The van der Waals surface area contributed by atoms with Gasteiger partial charge in [0.25, 0.3) is 0 Å². The fourth-order valence-corrected chi connectivity index (χ4v) is 5.55. The van der Waals surface area contributed by atoms with Crippen LogP contribution in [-0.2, 0) is 20.7 Å². The number of hydrogen-bond acceptors (Lipinski definition) is 5. The third-order valence-corrected chi connectivity index (χ3v) is 7.80. The van der Waals surface area contributed by atoms with Crippen molar-refractivity contribution >= 4 is 40.8 Å². The molecule has 1 aliphatic heterocycles. The second-order valence-corrected chi connectivity index (χ2v) is 10.0. The Bertz CT molecular complexity index is 1340. The fourth-order valence-electron chi connectivity index (χ4n) is 5.22. The van der Waals surface area contributed by atoms with Crippen LogP contribution in [0.2, 0.25) is 10.0 Å². The molecule has 3 aromatic rings. The van der Waals surface area contributed by atoms with E-state index in [-0.39, 0.29) is 30.5 Å². The van der Waals surface area contributed by atoms with Crippen LogP contribution in [0.5, 0.6) is 0 Å². The van der Waals surface area contributed by atoms with Crippen molar-refractivity contribution in [3.63, 3.8) is 0 Å². The summed E-state index contributed by atoms with van der Waals surface area (Å²) in [7, 11) is 0. The number of nitrogens with one attached hydrogen (secondary N) is 1. The molecule has 1 aromatic heterocycles. The lowest BCUT2D eigenvalue weighted by Gasteiger charge is -2.30. The van der Waals surface area contributed by atoms with Gasteiger partial charge in [-0.05, 0) is 67.1 Å². The fraction of sp³-hybridized carbons (Fsp3) is 0.308. The van der Waals surface area contributed by atoms with Gasteiger partial charge in [0.05, 0.1) is 28.4 Å². The van der Waals surface area contributed by atoms with Crippen molar-refractivity contribution in [3.8, 4) is 5.69 Å². The highest BCUT2D eigenvalue weighted by Crippen LogP contribution is 2.39. The lowest BCUT2D eigenvalue weighted by atomic mass is 9.85. The quantitative estimate of drug-likeness (QED) is 0.487. The van der Waals surface area contributed by atoms with E-state index in [9.17, 15) is 14.4 Å². The summed E-state index contributed by atoms with van der Waals surface area (Å²) in [4.78, 5) is 43.3. The molecule has 8 nitrogen and oxygen atoms in total. The number of primary amides is 1. The molecule has 3 unspecified atom stereocenters. The van der Waals surface area contributed by atoms with Crippen LogP contribution in [0, 0.1) is 0 Å². The van der Waals surface area contributed by atoms with Gasteiger partial charge in [0, 0.05) is 23.6 Å². The van der Waals surface area contributed by atoms with Crippen LogP contribution in [0.15, 0.2) is 55.1 Å². The van der Waals surface area contributed by atoms with Crippen LogP contribution in [0.25, 0.3) is 5.69 Å². The molecule has 3 atom stereocenters. The zero-order chi connectivity index (χ0) is 25.4. The molecular weight excluding hydrogens is 503 g/mol.